The van der Waals surface area contributed by atoms with Crippen LogP contribution in [0.5, 0.6) is 0 Å². The van der Waals surface area contributed by atoms with Gasteiger partial charge in [0.1, 0.15) is 0 Å². The first-order valence-corrected chi connectivity index (χ1v) is 17.8. The molecule has 2 heterocycles. The minimum atomic E-state index is -1.77. The first-order valence-electron chi connectivity index (χ1n) is 14.9. The molecule has 0 spiro atoms. The normalized spacial score (nSPS) is 52.9. The van der Waals surface area contributed by atoms with Gasteiger partial charge in [0, 0.05) is 6.10 Å². The summed E-state index contributed by atoms with van der Waals surface area (Å²) >= 11 is 0. The Kier molecular flexibility index (Phi) is 5.93. The molecule has 3 saturated carbocycles. The van der Waals surface area contributed by atoms with E-state index in [9.17, 15) is 0 Å². The third-order valence-corrected chi connectivity index (χ3v) is 17.7. The van der Waals surface area contributed by atoms with Gasteiger partial charge in [0.2, 0.25) is 0 Å². The Morgan fingerprint density at radius 1 is 0.912 bits per heavy atom. The van der Waals surface area contributed by atoms with Crippen molar-refractivity contribution in [3.05, 3.63) is 0 Å². The van der Waals surface area contributed by atoms with Crippen molar-refractivity contribution in [3.63, 3.8) is 0 Å². The van der Waals surface area contributed by atoms with Gasteiger partial charge in [0.05, 0.1) is 11.2 Å². The minimum absolute atomic E-state index is 0.0336. The van der Waals surface area contributed by atoms with E-state index in [1.54, 1.807) is 0 Å². The zero-order chi connectivity index (χ0) is 25.1. The fourth-order valence-corrected chi connectivity index (χ4v) is 11.5. The monoisotopic (exact) mass is 488 g/mol. The molecule has 2 saturated heterocycles. The summed E-state index contributed by atoms with van der Waals surface area (Å²) in [4.78, 5) is 0. The third kappa shape index (κ3) is 3.59. The van der Waals surface area contributed by atoms with Crippen LogP contribution in [-0.2, 0) is 9.16 Å². The summed E-state index contributed by atoms with van der Waals surface area (Å²) in [6.45, 7) is 27.3. The summed E-state index contributed by atoms with van der Waals surface area (Å²) in [6.07, 6.45) is 9.98. The molecular formula is C31H56O2Si. The van der Waals surface area contributed by atoms with Crippen LogP contribution in [0.15, 0.2) is 0 Å². The highest BCUT2D eigenvalue weighted by Gasteiger charge is 2.69. The van der Waals surface area contributed by atoms with Gasteiger partial charge in [0.15, 0.2) is 8.32 Å². The van der Waals surface area contributed by atoms with E-state index in [1.807, 2.05) is 0 Å². The van der Waals surface area contributed by atoms with Crippen molar-refractivity contribution in [1.29, 1.82) is 0 Å². The van der Waals surface area contributed by atoms with Crippen LogP contribution >= 0.6 is 0 Å². The maximum atomic E-state index is 7.41. The average molecular weight is 489 g/mol. The molecule has 0 N–H and O–H groups in total. The highest BCUT2D eigenvalue weighted by Crippen LogP contribution is 2.70. The van der Waals surface area contributed by atoms with Gasteiger partial charge >= 0.3 is 0 Å². The molecule has 5 fully saturated rings. The molecule has 34 heavy (non-hydrogen) atoms. The Bertz CT molecular complexity index is 800. The van der Waals surface area contributed by atoms with Crippen molar-refractivity contribution in [1.82, 2.24) is 0 Å². The van der Waals surface area contributed by atoms with E-state index in [4.69, 9.17) is 9.16 Å². The minimum Gasteiger partial charge on any atom is -0.414 e. The fraction of sp³-hybridized carbons (Fsp3) is 1.00. The van der Waals surface area contributed by atoms with Crippen LogP contribution in [0.1, 0.15) is 107 Å². The van der Waals surface area contributed by atoms with Crippen molar-refractivity contribution in [2.45, 2.75) is 143 Å². The van der Waals surface area contributed by atoms with Crippen LogP contribution in [0.2, 0.25) is 18.1 Å². The smallest absolute Gasteiger partial charge is 0.192 e. The number of rotatable bonds is 3. The van der Waals surface area contributed by atoms with Crippen molar-refractivity contribution in [3.8, 4) is 0 Å². The van der Waals surface area contributed by atoms with E-state index >= 15 is 0 Å². The molecule has 0 aromatic heterocycles. The maximum absolute atomic E-state index is 7.41. The average Bonchev–Trinajstić information content (AvgIpc) is 3.24. The molecule has 0 unspecified atom stereocenters. The molecule has 0 amide bonds. The molecule has 2 nitrogen and oxygen atoms in total. The molecule has 0 aromatic carbocycles. The zero-order valence-electron chi connectivity index (χ0n) is 24.5. The van der Waals surface area contributed by atoms with E-state index in [-0.39, 0.29) is 16.2 Å². The summed E-state index contributed by atoms with van der Waals surface area (Å²) in [6, 6.07) is 0. The van der Waals surface area contributed by atoms with Crippen LogP contribution in [0.4, 0.5) is 0 Å². The van der Waals surface area contributed by atoms with Gasteiger partial charge < -0.3 is 9.16 Å². The highest BCUT2D eigenvalue weighted by atomic mass is 28.4. The molecule has 2 aliphatic heterocycles. The van der Waals surface area contributed by atoms with Crippen LogP contribution in [0.25, 0.3) is 0 Å². The van der Waals surface area contributed by atoms with E-state index < -0.39 is 8.32 Å². The number of hydrogen-bond acceptors (Lipinski definition) is 2. The second-order valence-corrected chi connectivity index (χ2v) is 21.0. The van der Waals surface area contributed by atoms with Crippen LogP contribution < -0.4 is 0 Å². The van der Waals surface area contributed by atoms with E-state index in [0.717, 1.165) is 35.5 Å². The molecule has 3 aliphatic carbocycles. The first kappa shape index (κ1) is 25.8. The molecule has 0 radical (unpaired) electrons. The Morgan fingerprint density at radius 3 is 2.21 bits per heavy atom. The Labute approximate surface area is 212 Å². The van der Waals surface area contributed by atoms with E-state index in [0.29, 0.717) is 23.4 Å². The molecular weight excluding hydrogens is 432 g/mol. The largest absolute Gasteiger partial charge is 0.414 e. The topological polar surface area (TPSA) is 18.5 Å². The quantitative estimate of drug-likeness (QED) is 0.370. The van der Waals surface area contributed by atoms with Gasteiger partial charge in [-0.15, -0.1) is 0 Å². The lowest BCUT2D eigenvalue weighted by Gasteiger charge is -2.51. The standard InChI is InChI=1S/C31H56O2Si/c1-19(2)21-12-14-29(7)18-26-25(16-23(21)29)31(9)24-17-27(32-34(10,11)28(4,5)6)20(3)22(24)13-15-30(26,8)33-31/h19-27H,12-18H2,1-11H3/t20-,21+,22-,23+,24+,25-,26+,27-,29-,30-,31+/m0/s1. The predicted octanol–water partition coefficient (Wildman–Crippen LogP) is 8.71. The lowest BCUT2D eigenvalue weighted by Crippen LogP contribution is -2.49. The Balaban J connectivity index is 1.45. The molecule has 11 atom stereocenters. The summed E-state index contributed by atoms with van der Waals surface area (Å²) in [5.41, 5.74) is 0.663. The van der Waals surface area contributed by atoms with Crippen molar-refractivity contribution in [2.24, 2.45) is 52.8 Å². The molecule has 5 aliphatic rings. The van der Waals surface area contributed by atoms with Gasteiger partial charge in [-0.25, -0.2) is 0 Å². The van der Waals surface area contributed by atoms with Gasteiger partial charge in [-0.2, -0.15) is 0 Å². The molecule has 3 heteroatoms. The van der Waals surface area contributed by atoms with Gasteiger partial charge in [-0.3, -0.25) is 0 Å². The number of hydrogen-bond donors (Lipinski definition) is 0. The number of ether oxygens (including phenoxy) is 1. The Hall–Kier alpha value is 0.137. The van der Waals surface area contributed by atoms with Crippen LogP contribution in [0, 0.1) is 52.8 Å². The van der Waals surface area contributed by atoms with E-state index in [1.165, 1.54) is 44.9 Å². The predicted molar refractivity (Wildman–Crippen MR) is 145 cm³/mol. The van der Waals surface area contributed by atoms with E-state index in [2.05, 4.69) is 75.4 Å². The third-order valence-electron chi connectivity index (χ3n) is 13.2. The number of fused-ring (bicyclic) bond motifs is 8. The molecule has 2 bridgehead atoms. The van der Waals surface area contributed by atoms with Crippen LogP contribution in [0.3, 0.4) is 0 Å². The van der Waals surface area contributed by atoms with Crippen molar-refractivity contribution >= 4 is 8.32 Å². The zero-order valence-corrected chi connectivity index (χ0v) is 25.5. The van der Waals surface area contributed by atoms with Crippen LogP contribution in [-0.4, -0.2) is 25.6 Å². The highest BCUT2D eigenvalue weighted by molar-refractivity contribution is 6.74. The fourth-order valence-electron chi connectivity index (χ4n) is 10.1. The molecule has 5 rings (SSSR count). The van der Waals surface area contributed by atoms with Gasteiger partial charge in [0.25, 0.3) is 0 Å². The Morgan fingerprint density at radius 2 is 1.59 bits per heavy atom. The second-order valence-electron chi connectivity index (χ2n) is 16.3. The maximum Gasteiger partial charge on any atom is 0.192 e. The van der Waals surface area contributed by atoms with Crippen molar-refractivity contribution < 1.29 is 9.16 Å². The van der Waals surface area contributed by atoms with Gasteiger partial charge in [-0.1, -0.05) is 48.5 Å². The summed E-state index contributed by atoms with van der Waals surface area (Å²) < 4.78 is 14.6. The SMILES string of the molecule is CC(C)[C@H]1CC[C@@]2(C)C[C@@H]3[C@H](C[C@H]12)[C@]1(C)O[C@@]3(C)CC[C@H]2[C@H](C)[C@@H](O[Si](C)(C)C(C)(C)C)C[C@H]21. The second kappa shape index (κ2) is 7.82. The summed E-state index contributed by atoms with van der Waals surface area (Å²) in [5.74, 6) is 6.20. The molecule has 196 valence electrons. The molecule has 0 aromatic rings. The summed E-state index contributed by atoms with van der Waals surface area (Å²) in [7, 11) is -1.77. The lowest BCUT2D eigenvalue weighted by atomic mass is 9.52. The summed E-state index contributed by atoms with van der Waals surface area (Å²) in [5, 5.41) is 0.275. The van der Waals surface area contributed by atoms with Gasteiger partial charge in [-0.05, 0) is 130 Å². The lowest BCUT2D eigenvalue weighted by molar-refractivity contribution is -0.124. The van der Waals surface area contributed by atoms with Crippen molar-refractivity contribution in [2.75, 3.05) is 0 Å². The first-order chi connectivity index (χ1) is 15.5.